The number of aliphatic imine (C=N–C) groups is 1. The van der Waals surface area contributed by atoms with Gasteiger partial charge in [0, 0.05) is 75.7 Å². The van der Waals surface area contributed by atoms with Gasteiger partial charge in [-0.15, -0.1) is 0 Å². The standard InChI is InChI=1S/C42H51NO14/c1-19-14-13-15-20(2)41(52-12)43-28-18-29(47)31-32(35(28)49)38(56-27(9)46)24(6)39-33(31)40(50)42(10,57-39)53-17-16-30(51-11)21(3)37(55-26(8)45)23(5)34(48)22(4)36(19)54-25(7)44/h13-19,21-23,30,34,36-37,48H,1-12H3/t19-,21+,22+,23-,30+,34-,36+,37+,42+/m1/s1. The maximum absolute atomic E-state index is 14.2. The average molecular weight is 794 g/mol. The van der Waals surface area contributed by atoms with Gasteiger partial charge in [0.05, 0.1) is 42.3 Å². The number of rotatable bonds is 4. The molecule has 0 radical (unpaired) electrons. The summed E-state index contributed by atoms with van der Waals surface area (Å²) in [6.07, 6.45) is 4.92. The van der Waals surface area contributed by atoms with Crippen molar-refractivity contribution in [3.63, 3.8) is 0 Å². The Bertz CT molecular complexity index is 1990. The van der Waals surface area contributed by atoms with Gasteiger partial charge in [-0.05, 0) is 19.9 Å². The van der Waals surface area contributed by atoms with E-state index >= 15 is 0 Å². The molecule has 0 fully saturated rings. The van der Waals surface area contributed by atoms with Crippen molar-refractivity contribution in [1.29, 1.82) is 0 Å². The van der Waals surface area contributed by atoms with Gasteiger partial charge in [-0.3, -0.25) is 28.8 Å². The SMILES string of the molecule is COC1=NC2=CC(=O)c3c(c(OC(C)=O)c(C)c4c3C(=O)[C@@](C)(OC=C[C@H](OC)[C@H](C)[C@H](OC(C)=O)[C@H](C)[C@H](O)[C@H](C)[C@@H](OC(C)=O)[C@H](C)C=CC=C1C)O4)C2=O. The molecule has 1 aromatic carbocycles. The molecule has 5 bridgehead atoms. The van der Waals surface area contributed by atoms with Crippen LogP contribution in [0.5, 0.6) is 11.5 Å². The summed E-state index contributed by atoms with van der Waals surface area (Å²) in [6, 6.07) is 0. The molecule has 3 heterocycles. The van der Waals surface area contributed by atoms with Gasteiger partial charge in [0.15, 0.2) is 5.78 Å². The normalized spacial score (nSPS) is 29.4. The Kier molecular flexibility index (Phi) is 13.8. The number of hydrogen-bond acceptors (Lipinski definition) is 15. The summed E-state index contributed by atoms with van der Waals surface area (Å²) in [7, 11) is 2.74. The maximum atomic E-state index is 14.2. The number of Topliss-reactive ketones (excluding diaryl/α,β-unsaturated/α-hetero) is 2. The summed E-state index contributed by atoms with van der Waals surface area (Å²) in [5.41, 5.74) is -0.760. The van der Waals surface area contributed by atoms with Gasteiger partial charge in [0.1, 0.15) is 29.4 Å². The predicted molar refractivity (Wildman–Crippen MR) is 205 cm³/mol. The molecule has 0 saturated carbocycles. The number of methoxy groups -OCH3 is 2. The molecule has 0 aromatic heterocycles. The topological polar surface area (TPSA) is 200 Å². The fourth-order valence-corrected chi connectivity index (χ4v) is 7.43. The number of carbonyl (C=O) groups excluding carboxylic acids is 6. The van der Waals surface area contributed by atoms with E-state index in [1.807, 2.05) is 0 Å². The van der Waals surface area contributed by atoms with Gasteiger partial charge in [0.25, 0.3) is 5.78 Å². The number of ketones is 3. The lowest BCUT2D eigenvalue weighted by Crippen LogP contribution is -2.47. The Morgan fingerprint density at radius 2 is 1.46 bits per heavy atom. The van der Waals surface area contributed by atoms with Crippen LogP contribution in [0.3, 0.4) is 0 Å². The van der Waals surface area contributed by atoms with E-state index in [1.165, 1.54) is 54.3 Å². The van der Waals surface area contributed by atoms with E-state index in [0.717, 1.165) is 13.0 Å². The number of allylic oxidation sites excluding steroid dienone is 4. The minimum absolute atomic E-state index is 0.0363. The fourth-order valence-electron chi connectivity index (χ4n) is 7.43. The molecule has 3 aliphatic heterocycles. The van der Waals surface area contributed by atoms with E-state index in [9.17, 15) is 33.9 Å². The van der Waals surface area contributed by atoms with Crippen molar-refractivity contribution in [2.24, 2.45) is 28.7 Å². The zero-order chi connectivity index (χ0) is 42.7. The molecule has 0 unspecified atom stereocenters. The van der Waals surface area contributed by atoms with Crippen LogP contribution in [0.15, 0.2) is 52.9 Å². The Balaban J connectivity index is 1.96. The van der Waals surface area contributed by atoms with Crippen molar-refractivity contribution >= 4 is 41.2 Å². The smallest absolute Gasteiger partial charge is 0.312 e. The van der Waals surface area contributed by atoms with Gasteiger partial charge < -0.3 is 38.3 Å². The maximum Gasteiger partial charge on any atom is 0.312 e. The summed E-state index contributed by atoms with van der Waals surface area (Å²) in [5.74, 6) is -9.32. The number of ether oxygens (including phenoxy) is 7. The van der Waals surface area contributed by atoms with Crippen molar-refractivity contribution in [3.05, 3.63) is 70.2 Å². The average Bonchev–Trinajstić information content (AvgIpc) is 3.40. The third-order valence-corrected chi connectivity index (χ3v) is 10.4. The van der Waals surface area contributed by atoms with Gasteiger partial charge in [0.2, 0.25) is 11.7 Å². The number of esters is 3. The fraction of sp³-hybridized carbons (Fsp3) is 0.500. The van der Waals surface area contributed by atoms with E-state index in [2.05, 4.69) is 4.99 Å². The number of nitrogens with zero attached hydrogens (tertiary/aromatic N) is 1. The molecular formula is C42H51NO14. The van der Waals surface area contributed by atoms with E-state index in [-0.39, 0.29) is 45.3 Å². The lowest BCUT2D eigenvalue weighted by molar-refractivity contribution is -0.164. The quantitative estimate of drug-likeness (QED) is 0.302. The molecule has 15 nitrogen and oxygen atoms in total. The molecule has 308 valence electrons. The monoisotopic (exact) mass is 793 g/mol. The number of aliphatic hydroxyl groups is 1. The van der Waals surface area contributed by atoms with Crippen LogP contribution >= 0.6 is 0 Å². The van der Waals surface area contributed by atoms with Crippen molar-refractivity contribution in [2.75, 3.05) is 14.2 Å². The van der Waals surface area contributed by atoms with Gasteiger partial charge in [-0.1, -0.05) is 45.9 Å². The van der Waals surface area contributed by atoms with Crippen LogP contribution in [0.4, 0.5) is 0 Å². The second-order valence-electron chi connectivity index (χ2n) is 14.7. The summed E-state index contributed by atoms with van der Waals surface area (Å²) in [5, 5.41) is 11.8. The second-order valence-corrected chi connectivity index (χ2v) is 14.7. The number of benzene rings is 1. The largest absolute Gasteiger partial charge is 0.481 e. The highest BCUT2D eigenvalue weighted by molar-refractivity contribution is 6.30. The molecule has 9 atom stereocenters. The summed E-state index contributed by atoms with van der Waals surface area (Å²) >= 11 is 0. The minimum Gasteiger partial charge on any atom is -0.481 e. The van der Waals surface area contributed by atoms with E-state index < -0.39 is 89.1 Å². The Hall–Kier alpha value is -5.41. The lowest BCUT2D eigenvalue weighted by Gasteiger charge is -2.38. The van der Waals surface area contributed by atoms with E-state index in [0.29, 0.717) is 5.57 Å². The van der Waals surface area contributed by atoms with Crippen molar-refractivity contribution in [2.45, 2.75) is 99.4 Å². The summed E-state index contributed by atoms with van der Waals surface area (Å²) in [4.78, 5) is 83.7. The summed E-state index contributed by atoms with van der Waals surface area (Å²) < 4.78 is 40.3. The van der Waals surface area contributed by atoms with Crippen LogP contribution in [0, 0.1) is 30.6 Å². The van der Waals surface area contributed by atoms with Crippen molar-refractivity contribution < 1.29 is 67.0 Å². The highest BCUT2D eigenvalue weighted by Crippen LogP contribution is 2.48. The zero-order valence-electron chi connectivity index (χ0n) is 34.3. The number of fused-ring (bicyclic) bond motifs is 13. The van der Waals surface area contributed by atoms with Crippen LogP contribution in [-0.2, 0) is 38.1 Å². The molecule has 0 saturated heterocycles. The third kappa shape index (κ3) is 9.10. The molecule has 15 heteroatoms. The molecule has 57 heavy (non-hydrogen) atoms. The van der Waals surface area contributed by atoms with Crippen LogP contribution in [0.2, 0.25) is 0 Å². The molecule has 0 amide bonds. The van der Waals surface area contributed by atoms with Gasteiger partial charge in [-0.2, -0.15) is 0 Å². The first-order chi connectivity index (χ1) is 26.7. The Labute approximate surface area is 331 Å². The van der Waals surface area contributed by atoms with Crippen molar-refractivity contribution in [1.82, 2.24) is 0 Å². The first kappa shape index (κ1) is 44.3. The molecule has 4 aliphatic rings. The first-order valence-electron chi connectivity index (χ1n) is 18.5. The van der Waals surface area contributed by atoms with Crippen LogP contribution in [0.1, 0.15) is 99.0 Å². The molecule has 1 aromatic rings. The molecule has 0 spiro atoms. The second kappa shape index (κ2) is 17.8. The van der Waals surface area contributed by atoms with Gasteiger partial charge >= 0.3 is 23.7 Å². The lowest BCUT2D eigenvalue weighted by atomic mass is 9.78. The van der Waals surface area contributed by atoms with E-state index in [1.54, 1.807) is 52.8 Å². The number of aliphatic hydroxyl groups excluding tert-OH is 1. The zero-order valence-corrected chi connectivity index (χ0v) is 34.3. The van der Waals surface area contributed by atoms with Crippen LogP contribution < -0.4 is 9.47 Å². The van der Waals surface area contributed by atoms with Crippen molar-refractivity contribution in [3.8, 4) is 11.5 Å². The summed E-state index contributed by atoms with van der Waals surface area (Å²) in [6.45, 7) is 15.1. The Morgan fingerprint density at radius 3 is 2.04 bits per heavy atom. The first-order valence-corrected chi connectivity index (χ1v) is 18.5. The number of hydrogen-bond donors (Lipinski definition) is 1. The molecule has 1 aliphatic carbocycles. The molecular weight excluding hydrogens is 742 g/mol. The van der Waals surface area contributed by atoms with Gasteiger partial charge in [-0.25, -0.2) is 4.99 Å². The van der Waals surface area contributed by atoms with Crippen LogP contribution in [-0.4, -0.2) is 90.7 Å². The predicted octanol–water partition coefficient (Wildman–Crippen LogP) is 5.35. The highest BCUT2D eigenvalue weighted by Gasteiger charge is 2.52. The molecule has 5 rings (SSSR count). The number of carbonyl (C=O) groups is 6. The Morgan fingerprint density at radius 1 is 0.842 bits per heavy atom. The molecule has 1 N–H and O–H groups in total. The highest BCUT2D eigenvalue weighted by atomic mass is 16.7. The third-order valence-electron chi connectivity index (χ3n) is 10.4. The van der Waals surface area contributed by atoms with E-state index in [4.69, 9.17) is 33.2 Å². The van der Waals surface area contributed by atoms with Crippen LogP contribution in [0.25, 0.3) is 0 Å². The minimum atomic E-state index is -2.07.